The number of benzene rings is 1. The van der Waals surface area contributed by atoms with Gasteiger partial charge < -0.3 is 24.7 Å². The Morgan fingerprint density at radius 3 is 2.70 bits per heavy atom. The van der Waals surface area contributed by atoms with Crippen LogP contribution in [-0.4, -0.2) is 37.5 Å². The number of hydrogen-bond acceptors (Lipinski definition) is 8. The lowest BCUT2D eigenvalue weighted by Crippen LogP contribution is -2.22. The van der Waals surface area contributed by atoms with E-state index in [1.807, 2.05) is 0 Å². The van der Waals surface area contributed by atoms with Gasteiger partial charge >= 0.3 is 5.97 Å². The largest absolute Gasteiger partial charge is 0.493 e. The molecule has 0 aliphatic carbocycles. The quantitative estimate of drug-likeness (QED) is 0.754. The van der Waals surface area contributed by atoms with Gasteiger partial charge in [0.1, 0.15) is 11.6 Å². The van der Waals surface area contributed by atoms with E-state index in [0.717, 1.165) is 0 Å². The molecular formula is C18H18N4O5. The summed E-state index contributed by atoms with van der Waals surface area (Å²) in [5.41, 5.74) is 7.89. The Morgan fingerprint density at radius 1 is 1.33 bits per heavy atom. The molecule has 3 N–H and O–H groups in total. The molecule has 1 atom stereocenters. The molecule has 1 aromatic carbocycles. The Labute approximate surface area is 155 Å². The number of ether oxygens (including phenoxy) is 4. The van der Waals surface area contributed by atoms with Crippen LogP contribution in [0.2, 0.25) is 0 Å². The van der Waals surface area contributed by atoms with Crippen LogP contribution in [0.5, 0.6) is 17.4 Å². The SMILES string of the molecule is COC(=O)Cc1[nH]nc2c1C(c1ccc(OC)c(OC)c1)C(C#N)=C(N)O2. The number of aromatic amines is 1. The fourth-order valence-corrected chi connectivity index (χ4v) is 3.03. The molecule has 0 bridgehead atoms. The molecule has 27 heavy (non-hydrogen) atoms. The van der Waals surface area contributed by atoms with Crippen molar-refractivity contribution in [3.05, 3.63) is 46.5 Å². The summed E-state index contributed by atoms with van der Waals surface area (Å²) in [5.74, 6) is 0.180. The predicted molar refractivity (Wildman–Crippen MR) is 93.2 cm³/mol. The van der Waals surface area contributed by atoms with Crippen LogP contribution in [0.15, 0.2) is 29.7 Å². The minimum Gasteiger partial charge on any atom is -0.493 e. The molecule has 9 heteroatoms. The molecule has 1 aromatic heterocycles. The topological polar surface area (TPSA) is 132 Å². The molecule has 0 saturated heterocycles. The smallest absolute Gasteiger partial charge is 0.311 e. The maximum Gasteiger partial charge on any atom is 0.311 e. The molecule has 140 valence electrons. The van der Waals surface area contributed by atoms with Crippen molar-refractivity contribution < 1.29 is 23.7 Å². The number of nitrogens with two attached hydrogens (primary N) is 1. The summed E-state index contributed by atoms with van der Waals surface area (Å²) < 4.78 is 20.8. The molecule has 2 aromatic rings. The van der Waals surface area contributed by atoms with Crippen LogP contribution in [0.25, 0.3) is 0 Å². The molecule has 0 fully saturated rings. The van der Waals surface area contributed by atoms with Crippen molar-refractivity contribution >= 4 is 5.97 Å². The van der Waals surface area contributed by atoms with Gasteiger partial charge in [0.05, 0.1) is 44.9 Å². The zero-order valence-electron chi connectivity index (χ0n) is 15.0. The van der Waals surface area contributed by atoms with Crippen LogP contribution in [0.1, 0.15) is 22.7 Å². The zero-order valence-corrected chi connectivity index (χ0v) is 15.0. The van der Waals surface area contributed by atoms with Crippen LogP contribution in [0.4, 0.5) is 0 Å². The minimum absolute atomic E-state index is 0.0408. The van der Waals surface area contributed by atoms with E-state index in [1.165, 1.54) is 21.3 Å². The molecule has 0 saturated carbocycles. The van der Waals surface area contributed by atoms with Crippen LogP contribution >= 0.6 is 0 Å². The van der Waals surface area contributed by atoms with Crippen molar-refractivity contribution in [2.45, 2.75) is 12.3 Å². The molecule has 2 heterocycles. The highest BCUT2D eigenvalue weighted by Crippen LogP contribution is 2.44. The van der Waals surface area contributed by atoms with Gasteiger partial charge in [0, 0.05) is 0 Å². The normalized spacial score (nSPS) is 15.4. The summed E-state index contributed by atoms with van der Waals surface area (Å²) in [5, 5.41) is 16.5. The van der Waals surface area contributed by atoms with Crippen LogP contribution in [0.3, 0.4) is 0 Å². The lowest BCUT2D eigenvalue weighted by Gasteiger charge is -2.24. The van der Waals surface area contributed by atoms with Gasteiger partial charge in [0.15, 0.2) is 11.5 Å². The number of hydrogen-bond donors (Lipinski definition) is 2. The van der Waals surface area contributed by atoms with Crippen molar-refractivity contribution in [1.82, 2.24) is 10.2 Å². The molecule has 1 aliphatic heterocycles. The third kappa shape index (κ3) is 3.13. The Balaban J connectivity index is 2.17. The maximum absolute atomic E-state index is 11.8. The molecule has 0 spiro atoms. The first-order valence-electron chi connectivity index (χ1n) is 7.97. The number of nitrogens with one attached hydrogen (secondary N) is 1. The highest BCUT2D eigenvalue weighted by Gasteiger charge is 2.36. The molecule has 0 amide bonds. The van der Waals surface area contributed by atoms with E-state index in [9.17, 15) is 10.1 Å². The average molecular weight is 370 g/mol. The lowest BCUT2D eigenvalue weighted by molar-refractivity contribution is -0.139. The lowest BCUT2D eigenvalue weighted by atomic mass is 9.83. The van der Waals surface area contributed by atoms with Crippen molar-refractivity contribution in [3.8, 4) is 23.4 Å². The zero-order chi connectivity index (χ0) is 19.6. The Morgan fingerprint density at radius 2 is 2.07 bits per heavy atom. The van der Waals surface area contributed by atoms with Gasteiger partial charge in [-0.3, -0.25) is 9.89 Å². The van der Waals surface area contributed by atoms with Gasteiger partial charge in [-0.15, -0.1) is 5.10 Å². The molecule has 0 radical (unpaired) electrons. The van der Waals surface area contributed by atoms with E-state index in [1.54, 1.807) is 18.2 Å². The van der Waals surface area contributed by atoms with Crippen molar-refractivity contribution in [2.75, 3.05) is 21.3 Å². The molecular weight excluding hydrogens is 352 g/mol. The number of esters is 1. The summed E-state index contributed by atoms with van der Waals surface area (Å²) >= 11 is 0. The van der Waals surface area contributed by atoms with E-state index in [-0.39, 0.29) is 23.8 Å². The number of nitrogens with zero attached hydrogens (tertiary/aromatic N) is 2. The third-order valence-electron chi connectivity index (χ3n) is 4.31. The average Bonchev–Trinajstić information content (AvgIpc) is 3.07. The fourth-order valence-electron chi connectivity index (χ4n) is 3.03. The minimum atomic E-state index is -0.586. The van der Waals surface area contributed by atoms with E-state index in [2.05, 4.69) is 16.3 Å². The van der Waals surface area contributed by atoms with Gasteiger partial charge in [-0.05, 0) is 17.7 Å². The second-order valence-corrected chi connectivity index (χ2v) is 5.71. The summed E-state index contributed by atoms with van der Waals surface area (Å²) in [6.07, 6.45) is -0.0510. The highest BCUT2D eigenvalue weighted by atomic mass is 16.5. The fraction of sp³-hybridized carbons (Fsp3) is 0.278. The first-order valence-corrected chi connectivity index (χ1v) is 7.97. The monoisotopic (exact) mass is 370 g/mol. The van der Waals surface area contributed by atoms with Crippen LogP contribution < -0.4 is 19.9 Å². The number of H-pyrrole nitrogens is 1. The maximum atomic E-state index is 11.8. The molecule has 1 unspecified atom stereocenters. The van der Waals surface area contributed by atoms with Gasteiger partial charge in [-0.2, -0.15) is 5.26 Å². The number of fused-ring (bicyclic) bond motifs is 1. The number of nitriles is 1. The number of allylic oxidation sites excluding steroid dienone is 1. The highest BCUT2D eigenvalue weighted by molar-refractivity contribution is 5.73. The second-order valence-electron chi connectivity index (χ2n) is 5.71. The summed E-state index contributed by atoms with van der Waals surface area (Å²) in [7, 11) is 4.35. The number of methoxy groups -OCH3 is 3. The predicted octanol–water partition coefficient (Wildman–Crippen LogP) is 1.36. The van der Waals surface area contributed by atoms with Crippen molar-refractivity contribution in [2.24, 2.45) is 5.73 Å². The van der Waals surface area contributed by atoms with E-state index >= 15 is 0 Å². The second kappa shape index (κ2) is 7.29. The number of carbonyl (C=O) groups is 1. The standard InChI is InChI=1S/C18H18N4O5/c1-24-12-5-4-9(6-13(12)25-2)15-10(8-19)17(20)27-18-16(15)11(21-22-18)7-14(23)26-3/h4-6,15H,7,20H2,1-3H3,(H,21,22). The van der Waals surface area contributed by atoms with Gasteiger partial charge in [0.25, 0.3) is 0 Å². The van der Waals surface area contributed by atoms with Crippen LogP contribution in [-0.2, 0) is 16.0 Å². The van der Waals surface area contributed by atoms with Gasteiger partial charge in [-0.25, -0.2) is 0 Å². The third-order valence-corrected chi connectivity index (χ3v) is 4.31. The van der Waals surface area contributed by atoms with Crippen LogP contribution in [0, 0.1) is 11.3 Å². The van der Waals surface area contributed by atoms with E-state index in [4.69, 9.17) is 24.7 Å². The molecule has 9 nitrogen and oxygen atoms in total. The summed E-state index contributed by atoms with van der Waals surface area (Å²) in [6.45, 7) is 0. The number of carbonyl (C=O) groups excluding carboxylic acids is 1. The Kier molecular flexibility index (Phi) is 4.90. The first-order chi connectivity index (χ1) is 13.0. The van der Waals surface area contributed by atoms with Crippen molar-refractivity contribution in [3.63, 3.8) is 0 Å². The van der Waals surface area contributed by atoms with E-state index in [0.29, 0.717) is 28.3 Å². The van der Waals surface area contributed by atoms with Gasteiger partial charge in [0.2, 0.25) is 11.8 Å². The summed E-state index contributed by atoms with van der Waals surface area (Å²) in [4.78, 5) is 11.8. The Hall–Kier alpha value is -3.67. The van der Waals surface area contributed by atoms with Gasteiger partial charge in [-0.1, -0.05) is 6.07 Å². The Bertz CT molecular complexity index is 957. The number of aromatic nitrogens is 2. The number of rotatable bonds is 5. The summed E-state index contributed by atoms with van der Waals surface area (Å²) in [6, 6.07) is 7.36. The first kappa shape index (κ1) is 18.1. The molecule has 1 aliphatic rings. The van der Waals surface area contributed by atoms with E-state index < -0.39 is 11.9 Å². The van der Waals surface area contributed by atoms with Crippen molar-refractivity contribution in [1.29, 1.82) is 5.26 Å². The molecule has 3 rings (SSSR count).